The van der Waals surface area contributed by atoms with E-state index in [1.165, 1.54) is 5.56 Å². The van der Waals surface area contributed by atoms with Gasteiger partial charge in [-0.15, -0.1) is 0 Å². The number of amides is 1. The molecule has 0 bridgehead atoms. The molecule has 0 radical (unpaired) electrons. The van der Waals surface area contributed by atoms with Crippen molar-refractivity contribution in [3.8, 4) is 0 Å². The number of carboxylic acid groups (broad SMARTS) is 1. The maximum atomic E-state index is 12.3. The van der Waals surface area contributed by atoms with E-state index in [4.69, 9.17) is 5.11 Å². The number of aliphatic carboxylic acids is 1. The Balaban J connectivity index is 1.80. The molecule has 0 saturated carbocycles. The molecule has 1 N–H and O–H groups in total. The first kappa shape index (κ1) is 21.3. The van der Waals surface area contributed by atoms with E-state index in [2.05, 4.69) is 30.9 Å². The summed E-state index contributed by atoms with van der Waals surface area (Å²) >= 11 is 1.72. The van der Waals surface area contributed by atoms with Gasteiger partial charge in [-0.25, -0.2) is 0 Å². The number of likely N-dealkylation sites (tertiary alicyclic amines) is 1. The number of carbonyl (C=O) groups excluding carboxylic acids is 1. The zero-order valence-corrected chi connectivity index (χ0v) is 16.6. The Labute approximate surface area is 166 Å². The predicted octanol–water partition coefficient (Wildman–Crippen LogP) is 4.32. The molecule has 0 aromatic heterocycles. The summed E-state index contributed by atoms with van der Waals surface area (Å²) in [5.74, 6) is 1.14. The number of carbonyl (C=O) groups is 2. The Morgan fingerprint density at radius 2 is 2.07 bits per heavy atom. The highest BCUT2D eigenvalue weighted by atomic mass is 32.2. The van der Waals surface area contributed by atoms with E-state index in [1.54, 1.807) is 11.8 Å². The van der Waals surface area contributed by atoms with E-state index >= 15 is 0 Å². The molecule has 1 aliphatic rings. The van der Waals surface area contributed by atoms with Gasteiger partial charge in [0.1, 0.15) is 0 Å². The molecule has 146 valence electrons. The minimum atomic E-state index is -0.747. The molecule has 0 unspecified atom stereocenters. The minimum Gasteiger partial charge on any atom is -0.481 e. The summed E-state index contributed by atoms with van der Waals surface area (Å²) in [6, 6.07) is 10.4. The van der Waals surface area contributed by atoms with Crippen LogP contribution in [-0.2, 0) is 16.0 Å². The maximum Gasteiger partial charge on any atom is 0.303 e. The summed E-state index contributed by atoms with van der Waals surface area (Å²) in [5.41, 5.74) is 2.28. The van der Waals surface area contributed by atoms with Gasteiger partial charge in [-0.05, 0) is 37.0 Å². The molecule has 2 rings (SSSR count). The third-order valence-corrected chi connectivity index (χ3v) is 5.64. The fourth-order valence-corrected chi connectivity index (χ4v) is 4.07. The molecule has 27 heavy (non-hydrogen) atoms. The normalized spacial score (nSPS) is 17.4. The fraction of sp³-hybridized carbons (Fsp3) is 0.455. The fourth-order valence-electron chi connectivity index (χ4n) is 3.19. The van der Waals surface area contributed by atoms with Crippen LogP contribution < -0.4 is 0 Å². The summed E-state index contributed by atoms with van der Waals surface area (Å²) in [6.45, 7) is 4.87. The molecule has 1 saturated heterocycles. The second kappa shape index (κ2) is 11.7. The number of piperidine rings is 1. The van der Waals surface area contributed by atoms with Crippen LogP contribution in [0.4, 0.5) is 0 Å². The summed E-state index contributed by atoms with van der Waals surface area (Å²) in [6.07, 6.45) is 8.43. The van der Waals surface area contributed by atoms with Crippen LogP contribution in [-0.4, -0.2) is 46.0 Å². The zero-order valence-electron chi connectivity index (χ0n) is 15.8. The van der Waals surface area contributed by atoms with Crippen LogP contribution in [0.3, 0.4) is 0 Å². The van der Waals surface area contributed by atoms with Crippen LogP contribution >= 0.6 is 11.8 Å². The van der Waals surface area contributed by atoms with Gasteiger partial charge in [-0.1, -0.05) is 54.6 Å². The summed E-state index contributed by atoms with van der Waals surface area (Å²) < 4.78 is 0. The van der Waals surface area contributed by atoms with Gasteiger partial charge in [0.15, 0.2) is 0 Å². The molecule has 5 heteroatoms. The Kier molecular flexibility index (Phi) is 9.19. The molecular weight excluding hydrogens is 358 g/mol. The Hall–Kier alpha value is -2.01. The van der Waals surface area contributed by atoms with Crippen molar-refractivity contribution in [3.63, 3.8) is 0 Å². The third-order valence-electron chi connectivity index (χ3n) is 4.60. The monoisotopic (exact) mass is 387 g/mol. The van der Waals surface area contributed by atoms with Crippen LogP contribution in [0.2, 0.25) is 0 Å². The predicted molar refractivity (Wildman–Crippen MR) is 112 cm³/mol. The average molecular weight is 388 g/mol. The number of hydrogen-bond donors (Lipinski definition) is 1. The summed E-state index contributed by atoms with van der Waals surface area (Å²) in [7, 11) is 0. The number of carboxylic acids is 1. The lowest BCUT2D eigenvalue weighted by Crippen LogP contribution is -2.43. The second-order valence-corrected chi connectivity index (χ2v) is 8.06. The van der Waals surface area contributed by atoms with Gasteiger partial charge in [-0.2, -0.15) is 11.8 Å². The second-order valence-electron chi connectivity index (χ2n) is 6.84. The van der Waals surface area contributed by atoms with Crippen molar-refractivity contribution in [2.24, 2.45) is 0 Å². The lowest BCUT2D eigenvalue weighted by molar-refractivity contribution is -0.137. The first-order valence-electron chi connectivity index (χ1n) is 9.55. The highest BCUT2D eigenvalue weighted by molar-refractivity contribution is 7.99. The van der Waals surface area contributed by atoms with E-state index in [0.717, 1.165) is 42.9 Å². The number of benzene rings is 1. The summed E-state index contributed by atoms with van der Waals surface area (Å²) in [5, 5.41) is 8.66. The highest BCUT2D eigenvalue weighted by Gasteiger charge is 2.25. The van der Waals surface area contributed by atoms with Gasteiger partial charge in [0, 0.05) is 25.1 Å². The molecule has 1 aromatic rings. The van der Waals surface area contributed by atoms with Gasteiger partial charge >= 0.3 is 5.97 Å². The van der Waals surface area contributed by atoms with Crippen molar-refractivity contribution in [1.29, 1.82) is 0 Å². The van der Waals surface area contributed by atoms with Crippen LogP contribution in [0.15, 0.2) is 54.6 Å². The first-order valence-corrected chi connectivity index (χ1v) is 10.7. The average Bonchev–Trinajstić information content (AvgIpc) is 2.65. The molecule has 4 nitrogen and oxygen atoms in total. The van der Waals surface area contributed by atoms with Crippen molar-refractivity contribution in [1.82, 2.24) is 4.90 Å². The minimum absolute atomic E-state index is 0.137. The number of hydrogen-bond acceptors (Lipinski definition) is 3. The third kappa shape index (κ3) is 8.04. The van der Waals surface area contributed by atoms with Crippen LogP contribution in [0.5, 0.6) is 0 Å². The van der Waals surface area contributed by atoms with E-state index in [1.807, 2.05) is 23.1 Å². The van der Waals surface area contributed by atoms with E-state index in [0.29, 0.717) is 12.8 Å². The molecule has 1 aliphatic heterocycles. The van der Waals surface area contributed by atoms with Crippen molar-refractivity contribution in [2.75, 3.05) is 18.1 Å². The molecule has 1 fully saturated rings. The van der Waals surface area contributed by atoms with E-state index in [-0.39, 0.29) is 18.4 Å². The zero-order chi connectivity index (χ0) is 19.5. The smallest absolute Gasteiger partial charge is 0.303 e. The maximum absolute atomic E-state index is 12.3. The quantitative estimate of drug-likeness (QED) is 0.454. The molecule has 1 amide bonds. The number of thioether (sulfide) groups is 1. The van der Waals surface area contributed by atoms with Crippen molar-refractivity contribution in [2.45, 2.75) is 44.6 Å². The van der Waals surface area contributed by atoms with Crippen LogP contribution in [0, 0.1) is 0 Å². The number of allylic oxidation sites excluding steroid dienone is 2. The number of nitrogens with zero attached hydrogens (tertiary/aromatic N) is 1. The van der Waals surface area contributed by atoms with Gasteiger partial charge in [-0.3, -0.25) is 9.59 Å². The summed E-state index contributed by atoms with van der Waals surface area (Å²) in [4.78, 5) is 24.8. The Bertz CT molecular complexity index is 657. The topological polar surface area (TPSA) is 57.6 Å². The standard InChI is InChI=1S/C22H29NO3S/c1-18(17-19-7-3-2-4-8-19)12-13-20-9-5-10-21(24)23(20)14-16-27-15-6-11-22(25)26/h2-4,7-8,12-13,20H,1,5-6,9-11,14-17H2,(H,25,26)/b13-12+/t20-/m1/s1. The molecule has 0 aliphatic carbocycles. The van der Waals surface area contributed by atoms with Gasteiger partial charge in [0.25, 0.3) is 0 Å². The van der Waals surface area contributed by atoms with E-state index < -0.39 is 5.97 Å². The highest BCUT2D eigenvalue weighted by Crippen LogP contribution is 2.21. The van der Waals surface area contributed by atoms with E-state index in [9.17, 15) is 9.59 Å². The largest absolute Gasteiger partial charge is 0.481 e. The molecular formula is C22H29NO3S. The lowest BCUT2D eigenvalue weighted by Gasteiger charge is -2.34. The van der Waals surface area contributed by atoms with Crippen LogP contribution in [0.25, 0.3) is 0 Å². The Morgan fingerprint density at radius 1 is 1.30 bits per heavy atom. The lowest BCUT2D eigenvalue weighted by atomic mass is 9.99. The SMILES string of the molecule is C=C(/C=C/[C@H]1CCCC(=O)N1CCSCCCC(=O)O)Cc1ccccc1. The van der Waals surface area contributed by atoms with Crippen LogP contribution in [0.1, 0.15) is 37.7 Å². The van der Waals surface area contributed by atoms with Gasteiger partial charge in [0.2, 0.25) is 5.91 Å². The first-order chi connectivity index (χ1) is 13.1. The van der Waals surface area contributed by atoms with Gasteiger partial charge < -0.3 is 10.0 Å². The number of rotatable bonds is 11. The molecule has 0 spiro atoms. The van der Waals surface area contributed by atoms with Crippen molar-refractivity contribution >= 4 is 23.6 Å². The molecule has 1 heterocycles. The van der Waals surface area contributed by atoms with Gasteiger partial charge in [0.05, 0.1) is 6.04 Å². The molecule has 1 atom stereocenters. The van der Waals surface area contributed by atoms with Crippen molar-refractivity contribution in [3.05, 3.63) is 60.2 Å². The van der Waals surface area contributed by atoms with Crippen molar-refractivity contribution < 1.29 is 14.7 Å². The molecule has 1 aromatic carbocycles. The Morgan fingerprint density at radius 3 is 2.81 bits per heavy atom.